The molecular weight excluding hydrogens is 442 g/mol. The van der Waals surface area contributed by atoms with E-state index >= 15 is 0 Å². The predicted molar refractivity (Wildman–Crippen MR) is 123 cm³/mol. The molecule has 1 aromatic heterocycles. The number of hydrogen-bond donors (Lipinski definition) is 2. The maximum Gasteiger partial charge on any atom is 0.182 e. The smallest absolute Gasteiger partial charge is 0.182 e. The highest BCUT2D eigenvalue weighted by atomic mass is 32.1. The van der Waals surface area contributed by atoms with Crippen LogP contribution in [-0.4, -0.2) is 63.9 Å². The van der Waals surface area contributed by atoms with Crippen molar-refractivity contribution in [1.82, 2.24) is 25.5 Å². The van der Waals surface area contributed by atoms with Gasteiger partial charge in [0.2, 0.25) is 0 Å². The third-order valence-corrected chi connectivity index (χ3v) is 5.95. The average molecular weight is 464 g/mol. The van der Waals surface area contributed by atoms with Crippen LogP contribution >= 0.6 is 12.2 Å². The van der Waals surface area contributed by atoms with Crippen LogP contribution in [0.15, 0.2) is 48.5 Å². The number of fused-ring (bicyclic) bond motifs is 1. The van der Waals surface area contributed by atoms with Crippen molar-refractivity contribution in [2.24, 2.45) is 0 Å². The van der Waals surface area contributed by atoms with Crippen molar-refractivity contribution in [3.63, 3.8) is 0 Å². The molecule has 4 atom stereocenters. The first-order chi connectivity index (χ1) is 16.2. The van der Waals surface area contributed by atoms with Crippen molar-refractivity contribution in [3.8, 4) is 23.2 Å². The van der Waals surface area contributed by atoms with Crippen molar-refractivity contribution in [1.29, 1.82) is 5.26 Å². The third-order valence-electron chi connectivity index (χ3n) is 5.73. The fourth-order valence-corrected chi connectivity index (χ4v) is 4.45. The lowest BCUT2D eigenvalue weighted by atomic mass is 10.1. The number of nitrogens with one attached hydrogen (secondary N) is 2. The second-order valence-electron chi connectivity index (χ2n) is 7.74. The minimum absolute atomic E-state index is 0.129. The van der Waals surface area contributed by atoms with Gasteiger partial charge in [-0.25, -0.2) is 4.68 Å². The van der Waals surface area contributed by atoms with Crippen LogP contribution in [0, 0.1) is 11.3 Å². The van der Waals surface area contributed by atoms with E-state index in [4.69, 9.17) is 31.7 Å². The summed E-state index contributed by atoms with van der Waals surface area (Å²) in [4.78, 5) is 0. The molecule has 0 radical (unpaired) electrons. The van der Waals surface area contributed by atoms with Crippen molar-refractivity contribution in [3.05, 3.63) is 54.1 Å². The SMILES string of the molecule is COc1cccc(-c2nnnn2C2COC3C(NC(=S)Nc4cccc(C#N)c4)COC32)c1. The number of hydrogen-bond acceptors (Lipinski definition) is 8. The number of anilines is 1. The minimum atomic E-state index is -0.222. The van der Waals surface area contributed by atoms with E-state index < -0.39 is 0 Å². The van der Waals surface area contributed by atoms with Gasteiger partial charge in [0.1, 0.15) is 24.0 Å². The topological polar surface area (TPSA) is 119 Å². The Kier molecular flexibility index (Phi) is 5.87. The Bertz CT molecular complexity index is 1210. The maximum atomic E-state index is 9.07. The molecule has 2 aliphatic heterocycles. The number of methoxy groups -OCH3 is 1. The van der Waals surface area contributed by atoms with E-state index in [9.17, 15) is 0 Å². The Hall–Kier alpha value is -3.59. The zero-order valence-corrected chi connectivity index (χ0v) is 18.5. The number of nitriles is 1. The van der Waals surface area contributed by atoms with Gasteiger partial charge in [-0.3, -0.25) is 0 Å². The quantitative estimate of drug-likeness (QED) is 0.543. The lowest BCUT2D eigenvalue weighted by Gasteiger charge is -2.20. The second kappa shape index (κ2) is 9.11. The first-order valence-corrected chi connectivity index (χ1v) is 10.8. The molecule has 0 aliphatic carbocycles. The van der Waals surface area contributed by atoms with Crippen LogP contribution in [0.4, 0.5) is 5.69 Å². The lowest BCUT2D eigenvalue weighted by Crippen LogP contribution is -2.45. The van der Waals surface area contributed by atoms with Crippen LogP contribution in [-0.2, 0) is 9.47 Å². The summed E-state index contributed by atoms with van der Waals surface area (Å²) in [5.41, 5.74) is 2.15. The van der Waals surface area contributed by atoms with Gasteiger partial charge in [-0.2, -0.15) is 5.26 Å². The largest absolute Gasteiger partial charge is 0.497 e. The summed E-state index contributed by atoms with van der Waals surface area (Å²) in [6.45, 7) is 0.850. The zero-order chi connectivity index (χ0) is 22.8. The van der Waals surface area contributed by atoms with Gasteiger partial charge in [0.25, 0.3) is 0 Å². The van der Waals surface area contributed by atoms with Crippen LogP contribution < -0.4 is 15.4 Å². The number of benzene rings is 2. The molecule has 0 spiro atoms. The van der Waals surface area contributed by atoms with E-state index in [0.717, 1.165) is 17.0 Å². The van der Waals surface area contributed by atoms with Crippen LogP contribution in [0.2, 0.25) is 0 Å². The van der Waals surface area contributed by atoms with E-state index in [1.165, 1.54) is 0 Å². The highest BCUT2D eigenvalue weighted by molar-refractivity contribution is 7.80. The monoisotopic (exact) mass is 463 g/mol. The maximum absolute atomic E-state index is 9.07. The Labute approximate surface area is 195 Å². The molecule has 3 aromatic rings. The molecule has 4 unspecified atom stereocenters. The summed E-state index contributed by atoms with van der Waals surface area (Å²) in [5, 5.41) is 28.2. The number of rotatable bonds is 5. The lowest BCUT2D eigenvalue weighted by molar-refractivity contribution is 0.0626. The van der Waals surface area contributed by atoms with Gasteiger partial charge in [-0.1, -0.05) is 18.2 Å². The van der Waals surface area contributed by atoms with Crippen molar-refractivity contribution in [2.75, 3.05) is 25.6 Å². The molecule has 0 amide bonds. The standard InChI is InChI=1S/C22H21N7O3S/c1-30-16-7-3-5-14(9-16)21-26-27-28-29(21)18-12-32-19-17(11-31-20(18)19)25-22(33)24-15-6-2-4-13(8-15)10-23/h2-9,17-20H,11-12H2,1H3,(H2,24,25,33). The molecule has 33 heavy (non-hydrogen) atoms. The first-order valence-electron chi connectivity index (χ1n) is 10.4. The van der Waals surface area contributed by atoms with Gasteiger partial charge < -0.3 is 24.8 Å². The zero-order valence-electron chi connectivity index (χ0n) is 17.7. The molecule has 10 nitrogen and oxygen atoms in total. The molecule has 2 fully saturated rings. The molecule has 3 heterocycles. The van der Waals surface area contributed by atoms with Gasteiger partial charge in [0, 0.05) is 11.3 Å². The van der Waals surface area contributed by atoms with E-state index in [2.05, 4.69) is 32.2 Å². The van der Waals surface area contributed by atoms with Crippen LogP contribution in [0.25, 0.3) is 11.4 Å². The van der Waals surface area contributed by atoms with E-state index in [1.807, 2.05) is 30.3 Å². The summed E-state index contributed by atoms with van der Waals surface area (Å²) >= 11 is 5.46. The van der Waals surface area contributed by atoms with Crippen LogP contribution in [0.3, 0.4) is 0 Å². The molecule has 0 saturated carbocycles. The molecule has 0 bridgehead atoms. The Morgan fingerprint density at radius 3 is 2.88 bits per heavy atom. The number of thiocarbonyl (C=S) groups is 1. The molecule has 2 aliphatic rings. The Morgan fingerprint density at radius 2 is 2.03 bits per heavy atom. The Balaban J connectivity index is 1.27. The minimum Gasteiger partial charge on any atom is -0.497 e. The summed E-state index contributed by atoms with van der Waals surface area (Å²) in [5.74, 6) is 1.35. The van der Waals surface area contributed by atoms with Gasteiger partial charge in [-0.15, -0.1) is 5.10 Å². The second-order valence-corrected chi connectivity index (χ2v) is 8.15. The predicted octanol–water partition coefficient (Wildman–Crippen LogP) is 1.91. The normalized spacial score (nSPS) is 23.5. The van der Waals surface area contributed by atoms with Crippen molar-refractivity contribution in [2.45, 2.75) is 24.3 Å². The highest BCUT2D eigenvalue weighted by Crippen LogP contribution is 2.36. The molecular formula is C22H21N7O3S. The highest BCUT2D eigenvalue weighted by Gasteiger charge is 2.49. The van der Waals surface area contributed by atoms with Gasteiger partial charge in [0.15, 0.2) is 10.9 Å². The fraction of sp³-hybridized carbons (Fsp3) is 0.318. The molecule has 168 valence electrons. The number of ether oxygens (including phenoxy) is 3. The number of nitrogens with zero attached hydrogens (tertiary/aromatic N) is 5. The summed E-state index contributed by atoms with van der Waals surface area (Å²) < 4.78 is 19.3. The van der Waals surface area contributed by atoms with E-state index in [0.29, 0.717) is 29.7 Å². The molecule has 2 aromatic carbocycles. The number of aromatic nitrogens is 4. The average Bonchev–Trinajstić information content (AvgIpc) is 3.57. The van der Waals surface area contributed by atoms with Crippen LogP contribution in [0.1, 0.15) is 11.6 Å². The summed E-state index contributed by atoms with van der Waals surface area (Å²) in [6, 6.07) is 16.5. The van der Waals surface area contributed by atoms with Crippen molar-refractivity contribution >= 4 is 23.0 Å². The van der Waals surface area contributed by atoms with E-state index in [1.54, 1.807) is 30.0 Å². The fourth-order valence-electron chi connectivity index (χ4n) is 4.18. The summed E-state index contributed by atoms with van der Waals surface area (Å²) in [7, 11) is 1.62. The third kappa shape index (κ3) is 4.23. The molecule has 11 heteroatoms. The van der Waals surface area contributed by atoms with Crippen LogP contribution in [0.5, 0.6) is 5.75 Å². The first kappa shape index (κ1) is 21.3. The van der Waals surface area contributed by atoms with Gasteiger partial charge in [0.05, 0.1) is 38.0 Å². The van der Waals surface area contributed by atoms with Gasteiger partial charge >= 0.3 is 0 Å². The van der Waals surface area contributed by atoms with E-state index in [-0.39, 0.29) is 24.3 Å². The van der Waals surface area contributed by atoms with Crippen molar-refractivity contribution < 1.29 is 14.2 Å². The van der Waals surface area contributed by atoms with Gasteiger partial charge in [-0.05, 0) is 53.0 Å². The molecule has 5 rings (SSSR count). The molecule has 2 saturated heterocycles. The Morgan fingerprint density at radius 1 is 1.18 bits per heavy atom. The summed E-state index contributed by atoms with van der Waals surface area (Å²) in [6.07, 6.45) is -0.428. The molecule has 2 N–H and O–H groups in total. The number of tetrazole rings is 1.